The molecule has 186 valence electrons. The van der Waals surface area contributed by atoms with E-state index in [1.54, 1.807) is 60.1 Å². The Hall–Kier alpha value is -4.92. The lowest BCUT2D eigenvalue weighted by Gasteiger charge is -2.30. The summed E-state index contributed by atoms with van der Waals surface area (Å²) in [6, 6.07) is 21.3. The van der Waals surface area contributed by atoms with Crippen LogP contribution in [-0.4, -0.2) is 28.7 Å². The van der Waals surface area contributed by atoms with Gasteiger partial charge >= 0.3 is 0 Å². The van der Waals surface area contributed by atoms with Crippen LogP contribution >= 0.6 is 0 Å². The number of nitrogens with zero attached hydrogens (tertiary/aromatic N) is 2. The topological polar surface area (TPSA) is 97.3 Å². The highest BCUT2D eigenvalue weighted by Crippen LogP contribution is 2.38. The lowest BCUT2D eigenvalue weighted by atomic mass is 9.94. The molecular weight excluding hydrogens is 473 g/mol. The van der Waals surface area contributed by atoms with Crippen molar-refractivity contribution in [2.45, 2.75) is 13.0 Å². The number of carbonyl (C=O) groups excluding carboxylic acids is 2. The molecule has 0 aliphatic carbocycles. The maximum Gasteiger partial charge on any atom is 0.261 e. The Kier molecular flexibility index (Phi) is 6.42. The van der Waals surface area contributed by atoms with Crippen molar-refractivity contribution in [1.29, 1.82) is 0 Å². The first-order chi connectivity index (χ1) is 18.0. The first-order valence-corrected chi connectivity index (χ1v) is 11.6. The first-order valence-electron chi connectivity index (χ1n) is 11.6. The van der Waals surface area contributed by atoms with Crippen LogP contribution in [0, 0.1) is 5.82 Å². The Morgan fingerprint density at radius 1 is 0.946 bits per heavy atom. The summed E-state index contributed by atoms with van der Waals surface area (Å²) in [5.74, 6) is -0.209. The molecule has 8 nitrogen and oxygen atoms in total. The van der Waals surface area contributed by atoms with Crippen LogP contribution in [0.5, 0.6) is 5.75 Å². The highest BCUT2D eigenvalue weighted by Gasteiger charge is 2.35. The number of benzene rings is 3. The summed E-state index contributed by atoms with van der Waals surface area (Å²) in [6.07, 6.45) is 1.45. The number of hydrogen-bond donors (Lipinski definition) is 3. The summed E-state index contributed by atoms with van der Waals surface area (Å²) in [6.45, 7) is 1.75. The van der Waals surface area contributed by atoms with Gasteiger partial charge in [0.25, 0.3) is 11.8 Å². The van der Waals surface area contributed by atoms with Crippen LogP contribution in [0.25, 0.3) is 0 Å². The normalized spacial score (nSPS) is 14.4. The number of fused-ring (bicyclic) bond motifs is 1. The number of methoxy groups -OCH3 is 1. The Morgan fingerprint density at radius 2 is 1.65 bits per heavy atom. The highest BCUT2D eigenvalue weighted by molar-refractivity contribution is 6.09. The van der Waals surface area contributed by atoms with Gasteiger partial charge < -0.3 is 20.7 Å². The molecule has 0 saturated heterocycles. The number of halogens is 1. The molecule has 37 heavy (non-hydrogen) atoms. The lowest BCUT2D eigenvalue weighted by molar-refractivity contribution is -0.113. The Balaban J connectivity index is 1.55. The molecule has 0 radical (unpaired) electrons. The summed E-state index contributed by atoms with van der Waals surface area (Å²) in [4.78, 5) is 26.7. The Labute approximate surface area is 212 Å². The largest absolute Gasteiger partial charge is 0.495 e. The van der Waals surface area contributed by atoms with Crippen molar-refractivity contribution >= 4 is 29.0 Å². The van der Waals surface area contributed by atoms with E-state index in [0.29, 0.717) is 45.3 Å². The summed E-state index contributed by atoms with van der Waals surface area (Å²) in [5, 5.41) is 13.4. The first kappa shape index (κ1) is 23.8. The van der Waals surface area contributed by atoms with Crippen molar-refractivity contribution in [2.24, 2.45) is 0 Å². The zero-order valence-corrected chi connectivity index (χ0v) is 20.2. The Morgan fingerprint density at radius 3 is 2.38 bits per heavy atom. The van der Waals surface area contributed by atoms with Gasteiger partial charge in [-0.25, -0.2) is 9.07 Å². The summed E-state index contributed by atoms with van der Waals surface area (Å²) in [7, 11) is 1.52. The van der Waals surface area contributed by atoms with Crippen molar-refractivity contribution in [3.63, 3.8) is 0 Å². The average molecular weight is 498 g/mol. The van der Waals surface area contributed by atoms with E-state index in [9.17, 15) is 14.0 Å². The molecule has 0 unspecified atom stereocenters. The lowest BCUT2D eigenvalue weighted by Crippen LogP contribution is -2.32. The van der Waals surface area contributed by atoms with Crippen LogP contribution < -0.4 is 20.7 Å². The predicted octanol–water partition coefficient (Wildman–Crippen LogP) is 5.21. The van der Waals surface area contributed by atoms with Crippen molar-refractivity contribution in [1.82, 2.24) is 9.78 Å². The minimum Gasteiger partial charge on any atom is -0.495 e. The van der Waals surface area contributed by atoms with Crippen molar-refractivity contribution in [2.75, 3.05) is 23.1 Å². The third-order valence-electron chi connectivity index (χ3n) is 6.09. The van der Waals surface area contributed by atoms with E-state index in [-0.39, 0.29) is 11.8 Å². The quantitative estimate of drug-likeness (QED) is 0.340. The van der Waals surface area contributed by atoms with Gasteiger partial charge in [0.2, 0.25) is 0 Å². The maximum atomic E-state index is 13.8. The molecule has 2 amide bonds. The molecule has 9 heteroatoms. The molecule has 4 aromatic rings. The number of allylic oxidation sites excluding steroid dienone is 1. The number of anilines is 3. The van der Waals surface area contributed by atoms with Gasteiger partial charge in [0.1, 0.15) is 29.0 Å². The van der Waals surface area contributed by atoms with Gasteiger partial charge in [-0.05, 0) is 48.9 Å². The van der Waals surface area contributed by atoms with E-state index in [1.807, 2.05) is 18.2 Å². The van der Waals surface area contributed by atoms with Crippen molar-refractivity contribution in [3.05, 3.63) is 113 Å². The zero-order valence-electron chi connectivity index (χ0n) is 20.2. The second-order valence-electron chi connectivity index (χ2n) is 8.44. The number of aromatic nitrogens is 2. The molecule has 3 N–H and O–H groups in total. The van der Waals surface area contributed by atoms with Crippen LogP contribution in [0.4, 0.5) is 21.6 Å². The van der Waals surface area contributed by atoms with E-state index in [1.165, 1.54) is 25.4 Å². The van der Waals surface area contributed by atoms with E-state index in [2.05, 4.69) is 21.0 Å². The van der Waals surface area contributed by atoms with Crippen LogP contribution in [0.2, 0.25) is 0 Å². The molecule has 3 aromatic carbocycles. The molecular formula is C28H24FN5O3. The molecule has 1 atom stereocenters. The zero-order chi connectivity index (χ0) is 25.9. The van der Waals surface area contributed by atoms with Gasteiger partial charge in [0.05, 0.1) is 24.6 Å². The number of ether oxygens (including phenoxy) is 1. The molecule has 1 aliphatic rings. The van der Waals surface area contributed by atoms with E-state index >= 15 is 0 Å². The molecule has 5 rings (SSSR count). The smallest absolute Gasteiger partial charge is 0.261 e. The third-order valence-corrected chi connectivity index (χ3v) is 6.09. The average Bonchev–Trinajstić information content (AvgIpc) is 3.33. The number of hydrogen-bond acceptors (Lipinski definition) is 5. The highest BCUT2D eigenvalue weighted by atomic mass is 19.1. The summed E-state index contributed by atoms with van der Waals surface area (Å²) >= 11 is 0. The van der Waals surface area contributed by atoms with Gasteiger partial charge in [0, 0.05) is 11.4 Å². The van der Waals surface area contributed by atoms with Crippen LogP contribution in [0.3, 0.4) is 0 Å². The van der Waals surface area contributed by atoms with Crippen molar-refractivity contribution in [3.8, 4) is 5.75 Å². The second kappa shape index (κ2) is 9.98. The van der Waals surface area contributed by atoms with Gasteiger partial charge in [0.15, 0.2) is 0 Å². The van der Waals surface area contributed by atoms with E-state index < -0.39 is 11.9 Å². The molecule has 1 aromatic heterocycles. The monoisotopic (exact) mass is 497 g/mol. The SMILES string of the molecule is COc1ccccc1NC(=O)C1=C(C)Nc2c(C(=O)Nc3ccccc3)cnn2[C@@H]1c1ccc(F)cc1. The van der Waals surface area contributed by atoms with Crippen LogP contribution in [-0.2, 0) is 4.79 Å². The van der Waals surface area contributed by atoms with E-state index in [4.69, 9.17) is 4.74 Å². The summed E-state index contributed by atoms with van der Waals surface area (Å²) in [5.41, 5.74) is 2.97. The van der Waals surface area contributed by atoms with Crippen LogP contribution in [0.15, 0.2) is 96.3 Å². The van der Waals surface area contributed by atoms with Crippen LogP contribution in [0.1, 0.15) is 28.9 Å². The fourth-order valence-corrected chi connectivity index (χ4v) is 4.33. The number of carbonyl (C=O) groups is 2. The third kappa shape index (κ3) is 4.66. The molecule has 0 saturated carbocycles. The van der Waals surface area contributed by atoms with Gasteiger partial charge in [-0.15, -0.1) is 0 Å². The number of para-hydroxylation sites is 3. The second-order valence-corrected chi connectivity index (χ2v) is 8.44. The number of amides is 2. The fraction of sp³-hybridized carbons (Fsp3) is 0.107. The molecule has 0 fully saturated rings. The predicted molar refractivity (Wildman–Crippen MR) is 139 cm³/mol. The number of nitrogens with one attached hydrogen (secondary N) is 3. The minimum atomic E-state index is -0.718. The minimum absolute atomic E-state index is 0.305. The summed E-state index contributed by atoms with van der Waals surface area (Å²) < 4.78 is 20.7. The molecule has 0 bridgehead atoms. The Bertz CT molecular complexity index is 1500. The molecule has 2 heterocycles. The fourth-order valence-electron chi connectivity index (χ4n) is 4.33. The van der Waals surface area contributed by atoms with Crippen molar-refractivity contribution < 1.29 is 18.7 Å². The maximum absolute atomic E-state index is 13.8. The number of rotatable bonds is 6. The van der Waals surface area contributed by atoms with Gasteiger partial charge in [-0.1, -0.05) is 42.5 Å². The van der Waals surface area contributed by atoms with E-state index in [0.717, 1.165) is 0 Å². The standard InChI is InChI=1S/C28H24FN5O3/c1-17-24(28(36)33-22-10-6-7-11-23(22)37-2)25(18-12-14-19(29)15-13-18)34-26(31-17)21(16-30-34)27(35)32-20-8-4-3-5-9-20/h3-16,25,31H,1-2H3,(H,32,35)(H,33,36)/t25-/m1/s1. The van der Waals surface area contributed by atoms with Gasteiger partial charge in [-0.2, -0.15) is 5.10 Å². The molecule has 0 spiro atoms. The molecule has 1 aliphatic heterocycles. The van der Waals surface area contributed by atoms with Gasteiger partial charge in [-0.3, -0.25) is 9.59 Å².